The highest BCUT2D eigenvalue weighted by molar-refractivity contribution is 5.44. The zero-order valence-electron chi connectivity index (χ0n) is 13.4. The number of hydrogen-bond acceptors (Lipinski definition) is 3. The second-order valence-electron chi connectivity index (χ2n) is 5.40. The molecule has 0 amide bonds. The van der Waals surface area contributed by atoms with Crippen LogP contribution in [0.3, 0.4) is 0 Å². The summed E-state index contributed by atoms with van der Waals surface area (Å²) in [4.78, 5) is 9.42. The molecule has 1 atom stereocenters. The quantitative estimate of drug-likeness (QED) is 0.834. The fraction of sp³-hybridized carbons (Fsp3) is 0.688. The highest BCUT2D eigenvalue weighted by atomic mass is 15.3. The van der Waals surface area contributed by atoms with Crippen molar-refractivity contribution < 1.29 is 0 Å². The number of rotatable bonds is 3. The number of pyridine rings is 1. The minimum atomic E-state index is 0.624. The lowest BCUT2D eigenvalue weighted by molar-refractivity contribution is 0.371. The Morgan fingerprint density at radius 1 is 1.26 bits per heavy atom. The van der Waals surface area contributed by atoms with Crippen molar-refractivity contribution in [3.05, 3.63) is 23.4 Å². The van der Waals surface area contributed by atoms with Gasteiger partial charge in [0, 0.05) is 24.8 Å². The van der Waals surface area contributed by atoms with Crippen LogP contribution in [-0.4, -0.2) is 43.1 Å². The molecule has 1 fully saturated rings. The van der Waals surface area contributed by atoms with Crippen LogP contribution >= 0.6 is 0 Å². The van der Waals surface area contributed by atoms with E-state index in [0.29, 0.717) is 6.04 Å². The first-order valence-electron chi connectivity index (χ1n) is 7.43. The van der Waals surface area contributed by atoms with Crippen LogP contribution in [0.25, 0.3) is 0 Å². The van der Waals surface area contributed by atoms with E-state index in [-0.39, 0.29) is 0 Å². The van der Waals surface area contributed by atoms with Crippen LogP contribution in [0.1, 0.15) is 37.9 Å². The van der Waals surface area contributed by atoms with E-state index in [9.17, 15) is 0 Å². The van der Waals surface area contributed by atoms with Gasteiger partial charge in [-0.1, -0.05) is 13.8 Å². The third kappa shape index (κ3) is 4.50. The van der Waals surface area contributed by atoms with E-state index < -0.39 is 0 Å². The predicted molar refractivity (Wildman–Crippen MR) is 84.0 cm³/mol. The molecule has 0 aliphatic carbocycles. The van der Waals surface area contributed by atoms with E-state index in [4.69, 9.17) is 0 Å². The molecule has 0 saturated carbocycles. The van der Waals surface area contributed by atoms with Crippen molar-refractivity contribution in [2.75, 3.05) is 32.1 Å². The number of nitrogens with zero attached hydrogens (tertiary/aromatic N) is 3. The molecule has 19 heavy (non-hydrogen) atoms. The molecule has 108 valence electrons. The molecule has 1 aliphatic heterocycles. The molecule has 0 radical (unpaired) electrons. The van der Waals surface area contributed by atoms with Gasteiger partial charge in [-0.3, -0.25) is 0 Å². The average molecular weight is 263 g/mol. The minimum absolute atomic E-state index is 0.624. The van der Waals surface area contributed by atoms with Crippen LogP contribution in [-0.2, 0) is 0 Å². The summed E-state index contributed by atoms with van der Waals surface area (Å²) in [5.74, 6) is 1.16. The largest absolute Gasteiger partial charge is 0.352 e. The Labute approximate surface area is 118 Å². The number of anilines is 1. The number of hydrogen-bond donors (Lipinski definition) is 0. The van der Waals surface area contributed by atoms with Crippen molar-refractivity contribution in [2.45, 2.75) is 46.6 Å². The van der Waals surface area contributed by atoms with Crippen molar-refractivity contribution in [3.63, 3.8) is 0 Å². The first-order valence-corrected chi connectivity index (χ1v) is 7.43. The smallest absolute Gasteiger partial charge is 0.129 e. The van der Waals surface area contributed by atoms with Crippen molar-refractivity contribution >= 4 is 5.82 Å². The highest BCUT2D eigenvalue weighted by Gasteiger charge is 2.26. The Balaban J connectivity index is 0.000000861. The zero-order valence-corrected chi connectivity index (χ0v) is 13.4. The van der Waals surface area contributed by atoms with Crippen molar-refractivity contribution in [1.82, 2.24) is 9.88 Å². The first kappa shape index (κ1) is 16.0. The van der Waals surface area contributed by atoms with Crippen LogP contribution in [0.15, 0.2) is 12.1 Å². The fourth-order valence-corrected chi connectivity index (χ4v) is 2.72. The van der Waals surface area contributed by atoms with Gasteiger partial charge in [-0.15, -0.1) is 0 Å². The summed E-state index contributed by atoms with van der Waals surface area (Å²) in [5, 5.41) is 0. The van der Waals surface area contributed by atoms with Crippen LogP contribution in [0.2, 0.25) is 0 Å². The lowest BCUT2D eigenvalue weighted by atomic mass is 10.2. The maximum absolute atomic E-state index is 4.68. The number of aromatic nitrogens is 1. The highest BCUT2D eigenvalue weighted by Crippen LogP contribution is 2.25. The van der Waals surface area contributed by atoms with E-state index in [1.165, 1.54) is 18.4 Å². The Morgan fingerprint density at radius 2 is 1.95 bits per heavy atom. The van der Waals surface area contributed by atoms with Gasteiger partial charge >= 0.3 is 0 Å². The van der Waals surface area contributed by atoms with E-state index in [1.807, 2.05) is 13.8 Å². The van der Waals surface area contributed by atoms with Crippen molar-refractivity contribution in [1.29, 1.82) is 0 Å². The summed E-state index contributed by atoms with van der Waals surface area (Å²) in [6, 6.07) is 4.97. The lowest BCUT2D eigenvalue weighted by Gasteiger charge is -2.28. The SMILES string of the molecule is CC.Cc1cc(C)nc(N2CCCC2CN(C)C)c1. The minimum Gasteiger partial charge on any atom is -0.352 e. The third-order valence-electron chi connectivity index (χ3n) is 3.33. The summed E-state index contributed by atoms with van der Waals surface area (Å²) in [5.41, 5.74) is 2.43. The van der Waals surface area contributed by atoms with Gasteiger partial charge in [-0.25, -0.2) is 4.98 Å². The van der Waals surface area contributed by atoms with Crippen molar-refractivity contribution in [3.8, 4) is 0 Å². The summed E-state index contributed by atoms with van der Waals surface area (Å²) in [6.07, 6.45) is 2.57. The monoisotopic (exact) mass is 263 g/mol. The number of likely N-dealkylation sites (N-methyl/N-ethyl adjacent to an activating group) is 1. The standard InChI is InChI=1S/C14H23N3.C2H6/c1-11-8-12(2)15-14(9-11)17-7-5-6-13(17)10-16(3)4;1-2/h8-9,13H,5-7,10H2,1-4H3;1-2H3. The summed E-state index contributed by atoms with van der Waals surface area (Å²) < 4.78 is 0. The van der Waals surface area contributed by atoms with Crippen LogP contribution in [0.4, 0.5) is 5.82 Å². The normalized spacial score (nSPS) is 18.5. The van der Waals surface area contributed by atoms with Gasteiger partial charge in [0.1, 0.15) is 5.82 Å². The molecule has 3 heteroatoms. The van der Waals surface area contributed by atoms with Gasteiger partial charge in [0.15, 0.2) is 0 Å². The molecule has 0 N–H and O–H groups in total. The predicted octanol–water partition coefficient (Wildman–Crippen LogP) is 3.26. The van der Waals surface area contributed by atoms with Crippen LogP contribution < -0.4 is 4.90 Å². The second-order valence-corrected chi connectivity index (χ2v) is 5.40. The molecular weight excluding hydrogens is 234 g/mol. The molecule has 0 bridgehead atoms. The third-order valence-corrected chi connectivity index (χ3v) is 3.33. The molecule has 3 nitrogen and oxygen atoms in total. The van der Waals surface area contributed by atoms with E-state index in [1.54, 1.807) is 0 Å². The Hall–Kier alpha value is -1.09. The van der Waals surface area contributed by atoms with E-state index in [0.717, 1.165) is 24.6 Å². The molecule has 2 rings (SSSR count). The zero-order chi connectivity index (χ0) is 14.4. The van der Waals surface area contributed by atoms with Gasteiger partial charge in [0.05, 0.1) is 0 Å². The Kier molecular flexibility index (Phi) is 6.29. The van der Waals surface area contributed by atoms with E-state index >= 15 is 0 Å². The lowest BCUT2D eigenvalue weighted by Crippen LogP contribution is -2.38. The topological polar surface area (TPSA) is 19.4 Å². The van der Waals surface area contributed by atoms with Gasteiger partial charge < -0.3 is 9.80 Å². The molecule has 1 aromatic heterocycles. The molecule has 1 saturated heterocycles. The summed E-state index contributed by atoms with van der Waals surface area (Å²) in [7, 11) is 4.29. The second kappa shape index (κ2) is 7.49. The fourth-order valence-electron chi connectivity index (χ4n) is 2.72. The van der Waals surface area contributed by atoms with Crippen LogP contribution in [0, 0.1) is 13.8 Å². The van der Waals surface area contributed by atoms with Crippen molar-refractivity contribution in [2.24, 2.45) is 0 Å². The maximum atomic E-state index is 4.68. The van der Waals surface area contributed by atoms with Gasteiger partial charge in [-0.2, -0.15) is 0 Å². The molecule has 2 heterocycles. The molecule has 0 aromatic carbocycles. The molecule has 0 spiro atoms. The van der Waals surface area contributed by atoms with E-state index in [2.05, 4.69) is 54.9 Å². The van der Waals surface area contributed by atoms with Gasteiger partial charge in [0.2, 0.25) is 0 Å². The molecular formula is C16H29N3. The molecule has 1 aromatic rings. The number of aryl methyl sites for hydroxylation is 2. The maximum Gasteiger partial charge on any atom is 0.129 e. The summed E-state index contributed by atoms with van der Waals surface area (Å²) >= 11 is 0. The Bertz CT molecular complexity index is 367. The van der Waals surface area contributed by atoms with Gasteiger partial charge in [-0.05, 0) is 58.5 Å². The molecule has 1 aliphatic rings. The van der Waals surface area contributed by atoms with Crippen LogP contribution in [0.5, 0.6) is 0 Å². The first-order chi connectivity index (χ1) is 9.06. The Morgan fingerprint density at radius 3 is 2.53 bits per heavy atom. The van der Waals surface area contributed by atoms with Gasteiger partial charge in [0.25, 0.3) is 0 Å². The summed E-state index contributed by atoms with van der Waals surface area (Å²) in [6.45, 7) is 10.5. The molecule has 1 unspecified atom stereocenters. The average Bonchev–Trinajstić information content (AvgIpc) is 2.77.